The molecule has 1 amide bonds. The quantitative estimate of drug-likeness (QED) is 0.699. The molecule has 0 radical (unpaired) electrons. The van der Waals surface area contributed by atoms with Gasteiger partial charge in [-0.15, -0.1) is 0 Å². The average molecular weight is 226 g/mol. The van der Waals surface area contributed by atoms with E-state index in [1.807, 2.05) is 0 Å². The maximum Gasteiger partial charge on any atom is 0.240 e. The lowest BCUT2D eigenvalue weighted by molar-refractivity contribution is -0.129. The van der Waals surface area contributed by atoms with Crippen molar-refractivity contribution in [3.8, 4) is 0 Å². The van der Waals surface area contributed by atoms with E-state index in [1.54, 1.807) is 0 Å². The van der Waals surface area contributed by atoms with E-state index in [1.165, 1.54) is 19.3 Å². The van der Waals surface area contributed by atoms with E-state index in [4.69, 9.17) is 5.73 Å². The second kappa shape index (κ2) is 6.24. The Labute approximate surface area is 99.2 Å². The number of carbonyl (C=O) groups excluding carboxylic acids is 1. The molecule has 3 N–H and O–H groups in total. The molecule has 0 aromatic heterocycles. The zero-order valence-electron chi connectivity index (χ0n) is 10.7. The lowest BCUT2D eigenvalue weighted by Crippen LogP contribution is -2.59. The van der Waals surface area contributed by atoms with Gasteiger partial charge in [-0.2, -0.15) is 0 Å². The van der Waals surface area contributed by atoms with Crippen LogP contribution in [0.2, 0.25) is 0 Å². The van der Waals surface area contributed by atoms with Gasteiger partial charge in [-0.1, -0.05) is 33.1 Å². The first-order chi connectivity index (χ1) is 7.62. The largest absolute Gasteiger partial charge is 0.354 e. The highest BCUT2D eigenvalue weighted by Crippen LogP contribution is 2.29. The van der Waals surface area contributed by atoms with Gasteiger partial charge in [-0.25, -0.2) is 0 Å². The van der Waals surface area contributed by atoms with Crippen molar-refractivity contribution < 1.29 is 4.79 Å². The first-order valence-corrected chi connectivity index (χ1v) is 6.69. The first kappa shape index (κ1) is 13.5. The molecule has 1 aliphatic carbocycles. The number of nitrogens with one attached hydrogen (secondary N) is 1. The number of amides is 1. The summed E-state index contributed by atoms with van der Waals surface area (Å²) in [5.41, 5.74) is 5.42. The van der Waals surface area contributed by atoms with E-state index in [-0.39, 0.29) is 5.91 Å². The molecule has 1 atom stereocenters. The lowest BCUT2D eigenvalue weighted by atomic mass is 9.77. The molecule has 0 bridgehead atoms. The van der Waals surface area contributed by atoms with Crippen molar-refractivity contribution in [2.24, 2.45) is 11.7 Å². The molecule has 0 heterocycles. The topological polar surface area (TPSA) is 55.1 Å². The third-order valence-corrected chi connectivity index (χ3v) is 3.79. The lowest BCUT2D eigenvalue weighted by Gasteiger charge is -2.36. The molecule has 3 nitrogen and oxygen atoms in total. The normalized spacial score (nSPS) is 19.9. The van der Waals surface area contributed by atoms with Gasteiger partial charge in [0.25, 0.3) is 0 Å². The maximum atomic E-state index is 11.8. The van der Waals surface area contributed by atoms with E-state index in [0.717, 1.165) is 32.2 Å². The summed E-state index contributed by atoms with van der Waals surface area (Å²) in [7, 11) is 0. The minimum Gasteiger partial charge on any atom is -0.354 e. The monoisotopic (exact) mass is 226 g/mol. The molecule has 0 spiro atoms. The van der Waals surface area contributed by atoms with Crippen molar-refractivity contribution >= 4 is 5.91 Å². The van der Waals surface area contributed by atoms with Crippen molar-refractivity contribution in [2.75, 3.05) is 6.54 Å². The molecular weight excluding hydrogens is 200 g/mol. The minimum absolute atomic E-state index is 0.0636. The van der Waals surface area contributed by atoms with Gasteiger partial charge in [0.05, 0.1) is 5.54 Å². The summed E-state index contributed by atoms with van der Waals surface area (Å²) in [4.78, 5) is 11.8. The SMILES string of the molecule is CCCCC(CC)CNC(=O)C1(N)CCC1. The zero-order valence-corrected chi connectivity index (χ0v) is 10.7. The average Bonchev–Trinajstić information content (AvgIpc) is 2.25. The fourth-order valence-electron chi connectivity index (χ4n) is 2.14. The number of unbranched alkanes of at least 4 members (excludes halogenated alkanes) is 1. The summed E-state index contributed by atoms with van der Waals surface area (Å²) in [6.45, 7) is 5.19. The van der Waals surface area contributed by atoms with Crippen LogP contribution in [0.3, 0.4) is 0 Å². The van der Waals surface area contributed by atoms with Crippen LogP contribution in [0.15, 0.2) is 0 Å². The number of hydrogen-bond acceptors (Lipinski definition) is 2. The van der Waals surface area contributed by atoms with Crippen LogP contribution >= 0.6 is 0 Å². The van der Waals surface area contributed by atoms with Gasteiger partial charge in [-0.3, -0.25) is 4.79 Å². The van der Waals surface area contributed by atoms with Gasteiger partial charge in [-0.05, 0) is 31.6 Å². The van der Waals surface area contributed by atoms with Gasteiger partial charge in [0, 0.05) is 6.54 Å². The molecule has 0 aliphatic heterocycles. The van der Waals surface area contributed by atoms with Gasteiger partial charge in [0.2, 0.25) is 5.91 Å². The predicted octanol–water partition coefficient (Wildman–Crippen LogP) is 2.20. The van der Waals surface area contributed by atoms with Crippen LogP contribution in [-0.4, -0.2) is 18.0 Å². The molecule has 0 saturated heterocycles. The Morgan fingerprint density at radius 2 is 2.12 bits per heavy atom. The van der Waals surface area contributed by atoms with Crippen LogP contribution in [0.5, 0.6) is 0 Å². The summed E-state index contributed by atoms with van der Waals surface area (Å²) in [6, 6.07) is 0. The predicted molar refractivity (Wildman–Crippen MR) is 67.1 cm³/mol. The molecule has 1 rings (SSSR count). The molecule has 1 aliphatic rings. The van der Waals surface area contributed by atoms with Crippen LogP contribution in [0.4, 0.5) is 0 Å². The zero-order chi connectivity index (χ0) is 12.0. The Hall–Kier alpha value is -0.570. The van der Waals surface area contributed by atoms with Crippen LogP contribution < -0.4 is 11.1 Å². The summed E-state index contributed by atoms with van der Waals surface area (Å²) >= 11 is 0. The first-order valence-electron chi connectivity index (χ1n) is 6.69. The van der Waals surface area contributed by atoms with Crippen LogP contribution in [0.1, 0.15) is 58.8 Å². The van der Waals surface area contributed by atoms with Crippen LogP contribution in [0, 0.1) is 5.92 Å². The molecule has 0 aromatic carbocycles. The van der Waals surface area contributed by atoms with Gasteiger partial charge in [0.15, 0.2) is 0 Å². The number of hydrogen-bond donors (Lipinski definition) is 2. The van der Waals surface area contributed by atoms with Gasteiger partial charge in [0.1, 0.15) is 0 Å². The van der Waals surface area contributed by atoms with Gasteiger partial charge < -0.3 is 11.1 Å². The van der Waals surface area contributed by atoms with E-state index < -0.39 is 5.54 Å². The van der Waals surface area contributed by atoms with Crippen molar-refractivity contribution in [1.82, 2.24) is 5.32 Å². The standard InChI is InChI=1S/C13H26N2O/c1-3-5-7-11(4-2)10-15-12(16)13(14)8-6-9-13/h11H,3-10,14H2,1-2H3,(H,15,16). The molecule has 3 heteroatoms. The van der Waals surface area contributed by atoms with Crippen molar-refractivity contribution in [3.63, 3.8) is 0 Å². The highest BCUT2D eigenvalue weighted by atomic mass is 16.2. The van der Waals surface area contributed by atoms with Crippen molar-refractivity contribution in [2.45, 2.75) is 64.3 Å². The second-order valence-corrected chi connectivity index (χ2v) is 5.14. The molecular formula is C13H26N2O. The summed E-state index contributed by atoms with van der Waals surface area (Å²) in [5.74, 6) is 0.682. The Morgan fingerprint density at radius 3 is 2.56 bits per heavy atom. The minimum atomic E-state index is -0.539. The Morgan fingerprint density at radius 1 is 1.44 bits per heavy atom. The van der Waals surface area contributed by atoms with E-state index in [0.29, 0.717) is 5.92 Å². The highest BCUT2D eigenvalue weighted by Gasteiger charge is 2.39. The van der Waals surface area contributed by atoms with Crippen LogP contribution in [0.25, 0.3) is 0 Å². The second-order valence-electron chi connectivity index (χ2n) is 5.14. The Balaban J connectivity index is 2.23. The third-order valence-electron chi connectivity index (χ3n) is 3.79. The number of nitrogens with two attached hydrogens (primary N) is 1. The van der Waals surface area contributed by atoms with Gasteiger partial charge >= 0.3 is 0 Å². The molecule has 16 heavy (non-hydrogen) atoms. The maximum absolute atomic E-state index is 11.8. The van der Waals surface area contributed by atoms with Crippen molar-refractivity contribution in [3.05, 3.63) is 0 Å². The van der Waals surface area contributed by atoms with E-state index in [9.17, 15) is 4.79 Å². The molecule has 1 unspecified atom stereocenters. The Kier molecular flexibility index (Phi) is 5.26. The summed E-state index contributed by atoms with van der Waals surface area (Å²) < 4.78 is 0. The fourth-order valence-corrected chi connectivity index (χ4v) is 2.14. The fraction of sp³-hybridized carbons (Fsp3) is 0.923. The number of rotatable bonds is 7. The van der Waals surface area contributed by atoms with E-state index >= 15 is 0 Å². The summed E-state index contributed by atoms with van der Waals surface area (Å²) in [6.07, 6.45) is 7.63. The van der Waals surface area contributed by atoms with Crippen LogP contribution in [-0.2, 0) is 4.79 Å². The van der Waals surface area contributed by atoms with E-state index in [2.05, 4.69) is 19.2 Å². The third kappa shape index (κ3) is 3.48. The summed E-state index contributed by atoms with van der Waals surface area (Å²) in [5, 5.41) is 3.02. The molecule has 1 saturated carbocycles. The Bertz CT molecular complexity index is 224. The number of carbonyl (C=O) groups is 1. The highest BCUT2D eigenvalue weighted by molar-refractivity contribution is 5.86. The molecule has 0 aromatic rings. The molecule has 94 valence electrons. The van der Waals surface area contributed by atoms with Crippen molar-refractivity contribution in [1.29, 1.82) is 0 Å². The smallest absolute Gasteiger partial charge is 0.240 e. The molecule has 1 fully saturated rings.